The van der Waals surface area contributed by atoms with Crippen LogP contribution in [-0.2, 0) is 19.0 Å². The number of ether oxygens (including phenoxy) is 3. The third kappa shape index (κ3) is 2.83. The van der Waals surface area contributed by atoms with Crippen molar-refractivity contribution in [1.29, 1.82) is 0 Å². The maximum atomic E-state index is 12.9. The Kier molecular flexibility index (Phi) is 5.15. The van der Waals surface area contributed by atoms with Crippen LogP contribution < -0.4 is 0 Å². The summed E-state index contributed by atoms with van der Waals surface area (Å²) >= 11 is 0. The van der Waals surface area contributed by atoms with Crippen LogP contribution in [0.2, 0.25) is 0 Å². The first-order chi connectivity index (χ1) is 12.6. The van der Waals surface area contributed by atoms with Gasteiger partial charge in [0.05, 0.1) is 25.2 Å². The van der Waals surface area contributed by atoms with E-state index >= 15 is 0 Å². The number of rotatable bonds is 3. The van der Waals surface area contributed by atoms with Gasteiger partial charge >= 0.3 is 5.97 Å². The van der Waals surface area contributed by atoms with Crippen LogP contribution in [0.25, 0.3) is 0 Å². The molecule has 8 atom stereocenters. The number of carbonyl (C=O) groups excluding carboxylic acids is 1. The molecule has 0 aromatic carbocycles. The van der Waals surface area contributed by atoms with E-state index in [0.717, 1.165) is 25.7 Å². The van der Waals surface area contributed by atoms with Gasteiger partial charge in [0.15, 0.2) is 6.29 Å². The first kappa shape index (κ1) is 18.5. The van der Waals surface area contributed by atoms with Crippen molar-refractivity contribution < 1.29 is 24.1 Å². The normalized spacial score (nSPS) is 44.9. The smallest absolute Gasteiger partial charge is 0.311 e. The molecule has 26 heavy (non-hydrogen) atoms. The standard InChI is InChI=1S/C21H32O5/c1-4-25-16-10-14-15(22)9-8-13-12-7-5-6-11(2)17(12)19(21(23)24-3)20(26-16)18(13)14/h11-12,14-17,19-20,22H,4-10H2,1-3H3/t11-,12+,14+,15-,16-,17-,19+,20-/m1/s1. The van der Waals surface area contributed by atoms with Crippen LogP contribution in [-0.4, -0.2) is 43.3 Å². The average Bonchev–Trinajstić information content (AvgIpc) is 2.64. The zero-order valence-electron chi connectivity index (χ0n) is 16.1. The monoisotopic (exact) mass is 364 g/mol. The molecule has 1 saturated carbocycles. The van der Waals surface area contributed by atoms with E-state index in [2.05, 4.69) is 6.92 Å². The van der Waals surface area contributed by atoms with Gasteiger partial charge in [0.2, 0.25) is 0 Å². The van der Waals surface area contributed by atoms with Crippen molar-refractivity contribution in [2.24, 2.45) is 29.6 Å². The molecule has 0 aromatic rings. The van der Waals surface area contributed by atoms with Crippen LogP contribution in [0.4, 0.5) is 0 Å². The molecule has 0 spiro atoms. The van der Waals surface area contributed by atoms with Crippen molar-refractivity contribution in [3.63, 3.8) is 0 Å². The molecule has 0 bridgehead atoms. The minimum absolute atomic E-state index is 0.0550. The molecule has 4 aliphatic rings. The van der Waals surface area contributed by atoms with Crippen molar-refractivity contribution in [3.05, 3.63) is 11.1 Å². The fourth-order valence-electron chi connectivity index (χ4n) is 6.31. The minimum Gasteiger partial charge on any atom is -0.469 e. The highest BCUT2D eigenvalue weighted by Gasteiger charge is 2.56. The van der Waals surface area contributed by atoms with Crippen molar-refractivity contribution in [2.75, 3.05) is 13.7 Å². The molecule has 2 fully saturated rings. The molecule has 0 unspecified atom stereocenters. The van der Waals surface area contributed by atoms with Crippen LogP contribution in [0.1, 0.15) is 52.4 Å². The molecule has 3 aliphatic carbocycles. The molecule has 0 radical (unpaired) electrons. The van der Waals surface area contributed by atoms with Crippen molar-refractivity contribution in [3.8, 4) is 0 Å². The van der Waals surface area contributed by atoms with Gasteiger partial charge in [-0.15, -0.1) is 0 Å². The van der Waals surface area contributed by atoms with Crippen molar-refractivity contribution in [1.82, 2.24) is 0 Å². The highest BCUT2D eigenvalue weighted by Crippen LogP contribution is 2.57. The predicted octanol–water partition coefficient (Wildman–Crippen LogP) is 3.06. The number of carbonyl (C=O) groups is 1. The van der Waals surface area contributed by atoms with E-state index in [9.17, 15) is 9.90 Å². The maximum absolute atomic E-state index is 12.9. The van der Waals surface area contributed by atoms with Gasteiger partial charge in [0.1, 0.15) is 0 Å². The van der Waals surface area contributed by atoms with Gasteiger partial charge < -0.3 is 19.3 Å². The molecule has 1 heterocycles. The molecule has 0 amide bonds. The Morgan fingerprint density at radius 1 is 1.27 bits per heavy atom. The third-order valence-electron chi connectivity index (χ3n) is 7.31. The third-order valence-corrected chi connectivity index (χ3v) is 7.31. The summed E-state index contributed by atoms with van der Waals surface area (Å²) in [6.07, 6.45) is 4.94. The van der Waals surface area contributed by atoms with E-state index in [0.29, 0.717) is 24.9 Å². The summed E-state index contributed by atoms with van der Waals surface area (Å²) in [5.74, 6) is 0.802. The summed E-state index contributed by atoms with van der Waals surface area (Å²) in [4.78, 5) is 12.9. The zero-order valence-corrected chi connectivity index (χ0v) is 16.1. The van der Waals surface area contributed by atoms with Gasteiger partial charge in [-0.25, -0.2) is 0 Å². The van der Waals surface area contributed by atoms with Crippen molar-refractivity contribution >= 4 is 5.97 Å². The van der Waals surface area contributed by atoms with Crippen LogP contribution in [0.5, 0.6) is 0 Å². The summed E-state index contributed by atoms with van der Waals surface area (Å²) in [6, 6.07) is 0. The first-order valence-electron chi connectivity index (χ1n) is 10.3. The number of fused-ring (bicyclic) bond motifs is 2. The molecule has 5 nitrogen and oxygen atoms in total. The molecule has 5 heteroatoms. The van der Waals surface area contributed by atoms with Gasteiger partial charge in [0.25, 0.3) is 0 Å². The molecule has 146 valence electrons. The van der Waals surface area contributed by atoms with Crippen LogP contribution >= 0.6 is 0 Å². The largest absolute Gasteiger partial charge is 0.469 e. The fourth-order valence-corrected chi connectivity index (χ4v) is 6.31. The fraction of sp³-hybridized carbons (Fsp3) is 0.857. The first-order valence-corrected chi connectivity index (χ1v) is 10.3. The Bertz CT molecular complexity index is 585. The van der Waals surface area contributed by atoms with Crippen molar-refractivity contribution in [2.45, 2.75) is 70.9 Å². The molecular weight excluding hydrogens is 332 g/mol. The number of aliphatic hydroxyl groups is 1. The van der Waals surface area contributed by atoms with Crippen LogP contribution in [0.3, 0.4) is 0 Å². The number of hydrogen-bond acceptors (Lipinski definition) is 5. The highest BCUT2D eigenvalue weighted by atomic mass is 16.7. The Balaban J connectivity index is 1.80. The van der Waals surface area contributed by atoms with Gasteiger partial charge in [-0.2, -0.15) is 0 Å². The quantitative estimate of drug-likeness (QED) is 0.616. The molecular formula is C21H32O5. The topological polar surface area (TPSA) is 65.0 Å². The van der Waals surface area contributed by atoms with E-state index in [1.807, 2.05) is 6.92 Å². The van der Waals surface area contributed by atoms with E-state index in [-0.39, 0.29) is 42.2 Å². The maximum Gasteiger partial charge on any atom is 0.311 e. The number of allylic oxidation sites excluding steroid dienone is 1. The van der Waals surface area contributed by atoms with Gasteiger partial charge in [-0.3, -0.25) is 4.79 Å². The Labute approximate surface area is 156 Å². The second-order valence-corrected chi connectivity index (χ2v) is 8.51. The zero-order chi connectivity index (χ0) is 18.4. The van der Waals surface area contributed by atoms with E-state index in [4.69, 9.17) is 14.2 Å². The summed E-state index contributed by atoms with van der Waals surface area (Å²) in [6.45, 7) is 4.79. The molecule has 0 aromatic heterocycles. The van der Waals surface area contributed by atoms with Gasteiger partial charge in [0, 0.05) is 18.9 Å². The lowest BCUT2D eigenvalue weighted by Gasteiger charge is -2.55. The molecule has 4 rings (SSSR count). The lowest BCUT2D eigenvalue weighted by molar-refractivity contribution is -0.220. The lowest BCUT2D eigenvalue weighted by atomic mass is 9.54. The summed E-state index contributed by atoms with van der Waals surface area (Å²) < 4.78 is 17.4. The Hall–Kier alpha value is -0.910. The summed E-state index contributed by atoms with van der Waals surface area (Å²) in [5, 5.41) is 10.7. The second kappa shape index (κ2) is 7.25. The highest BCUT2D eigenvalue weighted by molar-refractivity contribution is 5.75. The Morgan fingerprint density at radius 3 is 2.81 bits per heavy atom. The second-order valence-electron chi connectivity index (χ2n) is 8.51. The lowest BCUT2D eigenvalue weighted by Crippen LogP contribution is -2.56. The van der Waals surface area contributed by atoms with Gasteiger partial charge in [-0.1, -0.05) is 25.3 Å². The van der Waals surface area contributed by atoms with Gasteiger partial charge in [-0.05, 0) is 49.5 Å². The van der Waals surface area contributed by atoms with E-state index in [1.54, 1.807) is 0 Å². The molecule has 1 aliphatic heterocycles. The molecule has 1 N–H and O–H groups in total. The summed E-state index contributed by atoms with van der Waals surface area (Å²) in [7, 11) is 1.48. The number of aliphatic hydroxyl groups excluding tert-OH is 1. The average molecular weight is 364 g/mol. The van der Waals surface area contributed by atoms with E-state index < -0.39 is 0 Å². The van der Waals surface area contributed by atoms with E-state index in [1.165, 1.54) is 24.7 Å². The Morgan fingerprint density at radius 2 is 2.08 bits per heavy atom. The summed E-state index contributed by atoms with van der Waals surface area (Å²) in [5.41, 5.74) is 2.70. The van der Waals surface area contributed by atoms with Crippen LogP contribution in [0.15, 0.2) is 11.1 Å². The number of hydrogen-bond donors (Lipinski definition) is 1. The number of methoxy groups -OCH3 is 1. The predicted molar refractivity (Wildman–Crippen MR) is 96.2 cm³/mol. The number of esters is 1. The minimum atomic E-state index is -0.362. The SMILES string of the molecule is CCO[C@H]1C[C@@H]2C3=C(CC[C@H]2O)[C@@H]2CCC[C@@H](C)[C@H]2[C@H](C(=O)OC)[C@@H]3O1. The van der Waals surface area contributed by atoms with Crippen LogP contribution in [0, 0.1) is 29.6 Å². The molecule has 1 saturated heterocycles.